The maximum absolute atomic E-state index is 11.9. The van der Waals surface area contributed by atoms with Gasteiger partial charge in [-0.2, -0.15) is 0 Å². The Bertz CT molecular complexity index is 478. The van der Waals surface area contributed by atoms with Crippen LogP contribution >= 0.6 is 12.2 Å². The van der Waals surface area contributed by atoms with Crippen LogP contribution in [0.2, 0.25) is 0 Å². The van der Waals surface area contributed by atoms with Gasteiger partial charge in [0, 0.05) is 25.7 Å². The van der Waals surface area contributed by atoms with E-state index in [2.05, 4.69) is 20.8 Å². The van der Waals surface area contributed by atoms with E-state index in [-0.39, 0.29) is 5.43 Å². The lowest BCUT2D eigenvalue weighted by Crippen LogP contribution is -2.34. The highest BCUT2D eigenvalue weighted by Crippen LogP contribution is 2.32. The summed E-state index contributed by atoms with van der Waals surface area (Å²) in [6.45, 7) is 8.73. The summed E-state index contributed by atoms with van der Waals surface area (Å²) in [5.74, 6) is 0.783. The van der Waals surface area contributed by atoms with Crippen LogP contribution < -0.4 is 16.1 Å². The van der Waals surface area contributed by atoms with Gasteiger partial charge in [-0.3, -0.25) is 4.79 Å². The van der Waals surface area contributed by atoms with Crippen LogP contribution in [0.1, 0.15) is 32.3 Å². The average Bonchev–Trinajstić information content (AvgIpc) is 2.38. The largest absolute Gasteiger partial charge is 0.378 e. The summed E-state index contributed by atoms with van der Waals surface area (Å²) in [7, 11) is 1.91. The molecule has 0 aliphatic rings. The number of nitrogens with zero attached hydrogens (tertiary/aromatic N) is 1. The minimum Gasteiger partial charge on any atom is -0.378 e. The van der Waals surface area contributed by atoms with Gasteiger partial charge in [0.15, 0.2) is 0 Å². The van der Waals surface area contributed by atoms with Gasteiger partial charge in [0.2, 0.25) is 5.43 Å². The van der Waals surface area contributed by atoms with Gasteiger partial charge < -0.3 is 15.4 Å². The lowest BCUT2D eigenvalue weighted by molar-refractivity contribution is 0.148. The Hall–Kier alpha value is -0.780. The van der Waals surface area contributed by atoms with Crippen molar-refractivity contribution < 1.29 is 4.74 Å². The molecular weight excluding hydrogens is 260 g/mol. The number of hydrogen-bond acceptors (Lipinski definition) is 5. The van der Waals surface area contributed by atoms with Crippen LogP contribution in [0.25, 0.3) is 0 Å². The molecule has 0 saturated heterocycles. The van der Waals surface area contributed by atoms with Crippen molar-refractivity contribution in [3.63, 3.8) is 0 Å². The first-order chi connectivity index (χ1) is 8.91. The van der Waals surface area contributed by atoms with Gasteiger partial charge in [-0.15, -0.1) is 0 Å². The molecule has 0 unspecified atom stereocenters. The predicted octanol–water partition coefficient (Wildman–Crippen LogP) is 1.82. The first-order valence-electron chi connectivity index (χ1n) is 6.73. The lowest BCUT2D eigenvalue weighted by atomic mass is 9.86. The van der Waals surface area contributed by atoms with E-state index in [0.29, 0.717) is 42.6 Å². The summed E-state index contributed by atoms with van der Waals surface area (Å²) >= 11 is 5.19. The highest BCUT2D eigenvalue weighted by Gasteiger charge is 2.26. The highest BCUT2D eigenvalue weighted by atomic mass is 32.1. The number of anilines is 1. The van der Waals surface area contributed by atoms with Gasteiger partial charge >= 0.3 is 0 Å². The Morgan fingerprint density at radius 2 is 1.95 bits per heavy atom. The molecule has 0 aliphatic carbocycles. The van der Waals surface area contributed by atoms with Crippen molar-refractivity contribution in [2.45, 2.75) is 26.7 Å². The molecular formula is C14H24N2O2S. The Labute approximate surface area is 120 Å². The first-order valence-corrected chi connectivity index (χ1v) is 7.14. The van der Waals surface area contributed by atoms with Crippen LogP contribution in [-0.4, -0.2) is 33.4 Å². The zero-order valence-electron chi connectivity index (χ0n) is 12.2. The number of ether oxygens (including phenoxy) is 1. The third-order valence-corrected chi connectivity index (χ3v) is 4.00. The molecule has 0 radical (unpaired) electrons. The third kappa shape index (κ3) is 3.61. The van der Waals surface area contributed by atoms with E-state index in [1.54, 1.807) is 0 Å². The van der Waals surface area contributed by atoms with Crippen molar-refractivity contribution in [2.75, 3.05) is 38.3 Å². The van der Waals surface area contributed by atoms with E-state index in [1.807, 2.05) is 11.9 Å². The second-order valence-corrected chi connectivity index (χ2v) is 5.68. The fourth-order valence-electron chi connectivity index (χ4n) is 2.03. The molecule has 0 heterocycles. The zero-order valence-corrected chi connectivity index (χ0v) is 13.0. The smallest absolute Gasteiger partial charge is 0.220 e. The van der Waals surface area contributed by atoms with E-state index in [4.69, 9.17) is 22.7 Å². The van der Waals surface area contributed by atoms with Gasteiger partial charge in [0.05, 0.1) is 23.4 Å². The number of likely N-dealkylation sites (N-methyl/N-ethyl adjacent to an activating group) is 1. The summed E-state index contributed by atoms with van der Waals surface area (Å²) in [6.07, 6.45) is 0. The molecule has 1 aromatic rings. The molecule has 1 rings (SSSR count). The molecule has 0 spiro atoms. The summed E-state index contributed by atoms with van der Waals surface area (Å²) in [5, 5.41) is 0. The summed E-state index contributed by atoms with van der Waals surface area (Å²) < 4.78 is 5.85. The van der Waals surface area contributed by atoms with E-state index in [1.165, 1.54) is 0 Å². The fourth-order valence-corrected chi connectivity index (χ4v) is 2.41. The van der Waals surface area contributed by atoms with Crippen LogP contribution in [0.15, 0.2) is 4.79 Å². The standard InChI is InChI=1S/C14H24N2O2S/c1-9(2)10(3)11-12(13(17)14(11)19)16(4)6-8-18-7-5-15/h9-10H,5-8,15H2,1-4H3/t10-/m1/s1. The summed E-state index contributed by atoms with van der Waals surface area (Å²) in [6, 6.07) is 0. The third-order valence-electron chi connectivity index (χ3n) is 3.59. The Kier molecular flexibility index (Phi) is 6.10. The molecule has 0 aromatic heterocycles. The maximum atomic E-state index is 11.9. The zero-order chi connectivity index (χ0) is 14.6. The van der Waals surface area contributed by atoms with Gasteiger partial charge in [-0.25, -0.2) is 0 Å². The molecule has 4 nitrogen and oxygen atoms in total. The van der Waals surface area contributed by atoms with Crippen LogP contribution in [0, 0.1) is 10.4 Å². The van der Waals surface area contributed by atoms with E-state index in [9.17, 15) is 4.79 Å². The molecule has 0 saturated carbocycles. The molecule has 0 amide bonds. The van der Waals surface area contributed by atoms with E-state index < -0.39 is 0 Å². The topological polar surface area (TPSA) is 55.6 Å². The monoisotopic (exact) mass is 284 g/mol. The summed E-state index contributed by atoms with van der Waals surface area (Å²) in [4.78, 5) is 13.9. The minimum absolute atomic E-state index is 0.00109. The molecule has 0 aliphatic heterocycles. The van der Waals surface area contributed by atoms with Gasteiger partial charge in [0.1, 0.15) is 0 Å². The quantitative estimate of drug-likeness (QED) is 0.583. The normalized spacial score (nSPS) is 13.2. The Morgan fingerprint density at radius 1 is 1.32 bits per heavy atom. The van der Waals surface area contributed by atoms with Crippen LogP contribution in [0.3, 0.4) is 0 Å². The molecule has 1 atom stereocenters. The maximum Gasteiger partial charge on any atom is 0.220 e. The second kappa shape index (κ2) is 7.12. The van der Waals surface area contributed by atoms with Crippen molar-refractivity contribution in [1.29, 1.82) is 0 Å². The number of rotatable bonds is 8. The van der Waals surface area contributed by atoms with Crippen LogP contribution in [-0.2, 0) is 4.74 Å². The number of hydrogen-bond donors (Lipinski definition) is 1. The molecule has 5 heteroatoms. The van der Waals surface area contributed by atoms with Crippen molar-refractivity contribution >= 4 is 17.9 Å². The van der Waals surface area contributed by atoms with Crippen molar-refractivity contribution in [3.8, 4) is 0 Å². The molecule has 108 valence electrons. The summed E-state index contributed by atoms with van der Waals surface area (Å²) in [5.41, 5.74) is 7.16. The SMILES string of the molecule is CC(C)[C@@H](C)c1c(N(C)CCOCCN)c(=O)c1=S. The highest BCUT2D eigenvalue weighted by molar-refractivity contribution is 7.71. The average molecular weight is 284 g/mol. The minimum atomic E-state index is -0.00109. The molecule has 19 heavy (non-hydrogen) atoms. The first kappa shape index (κ1) is 16.3. The molecule has 0 bridgehead atoms. The van der Waals surface area contributed by atoms with Gasteiger partial charge in [-0.05, 0) is 11.8 Å². The fraction of sp³-hybridized carbons (Fsp3) is 0.714. The Morgan fingerprint density at radius 3 is 2.47 bits per heavy atom. The lowest BCUT2D eigenvalue weighted by Gasteiger charge is -2.28. The van der Waals surface area contributed by atoms with Crippen molar-refractivity contribution in [3.05, 3.63) is 20.3 Å². The predicted molar refractivity (Wildman–Crippen MR) is 82.3 cm³/mol. The van der Waals surface area contributed by atoms with Gasteiger partial charge in [-0.1, -0.05) is 33.0 Å². The second-order valence-electron chi connectivity index (χ2n) is 5.28. The van der Waals surface area contributed by atoms with Crippen LogP contribution in [0.4, 0.5) is 5.69 Å². The van der Waals surface area contributed by atoms with E-state index >= 15 is 0 Å². The Balaban J connectivity index is 2.75. The molecule has 2 N–H and O–H groups in total. The van der Waals surface area contributed by atoms with Crippen molar-refractivity contribution in [1.82, 2.24) is 0 Å². The van der Waals surface area contributed by atoms with Gasteiger partial charge in [0.25, 0.3) is 0 Å². The number of nitrogens with two attached hydrogens (primary N) is 1. The van der Waals surface area contributed by atoms with Crippen molar-refractivity contribution in [2.24, 2.45) is 11.7 Å². The van der Waals surface area contributed by atoms with E-state index in [0.717, 1.165) is 11.3 Å². The van der Waals surface area contributed by atoms with Crippen LogP contribution in [0.5, 0.6) is 0 Å². The molecule has 1 aromatic carbocycles. The molecule has 0 fully saturated rings.